The quantitative estimate of drug-likeness (QED) is 0.722. The molecule has 0 saturated heterocycles. The van der Waals surface area contributed by atoms with E-state index in [0.29, 0.717) is 11.6 Å². The fourth-order valence-corrected chi connectivity index (χ4v) is 2.35. The SMILES string of the molecule is CCN(CC(=O)OC(C)c1ccccn1)Cc1ccc(Cl)cc1. The molecule has 0 radical (unpaired) electrons. The van der Waals surface area contributed by atoms with Gasteiger partial charge in [0.1, 0.15) is 6.10 Å². The number of benzene rings is 1. The molecule has 0 aliphatic heterocycles. The number of pyridine rings is 1. The zero-order valence-corrected chi connectivity index (χ0v) is 14.2. The highest BCUT2D eigenvalue weighted by Gasteiger charge is 2.15. The molecule has 0 bridgehead atoms. The molecule has 0 saturated carbocycles. The van der Waals surface area contributed by atoms with Gasteiger partial charge in [-0.15, -0.1) is 0 Å². The second kappa shape index (κ2) is 8.65. The highest BCUT2D eigenvalue weighted by molar-refractivity contribution is 6.30. The van der Waals surface area contributed by atoms with Gasteiger partial charge in [0.25, 0.3) is 0 Å². The van der Waals surface area contributed by atoms with Gasteiger partial charge in [0.05, 0.1) is 12.2 Å². The maximum atomic E-state index is 12.1. The summed E-state index contributed by atoms with van der Waals surface area (Å²) in [7, 11) is 0. The topological polar surface area (TPSA) is 42.4 Å². The summed E-state index contributed by atoms with van der Waals surface area (Å²) in [6.45, 7) is 5.54. The van der Waals surface area contributed by atoms with Crippen molar-refractivity contribution in [1.29, 1.82) is 0 Å². The first-order valence-corrected chi connectivity index (χ1v) is 8.03. The fraction of sp³-hybridized carbons (Fsp3) is 0.333. The number of rotatable bonds is 7. The van der Waals surface area contributed by atoms with E-state index in [1.807, 2.05) is 61.2 Å². The maximum Gasteiger partial charge on any atom is 0.320 e. The summed E-state index contributed by atoms with van der Waals surface area (Å²) < 4.78 is 5.46. The zero-order chi connectivity index (χ0) is 16.7. The van der Waals surface area contributed by atoms with Crippen LogP contribution >= 0.6 is 11.6 Å². The van der Waals surface area contributed by atoms with Crippen LogP contribution in [0.2, 0.25) is 5.02 Å². The van der Waals surface area contributed by atoms with Crippen LogP contribution < -0.4 is 0 Å². The Morgan fingerprint density at radius 3 is 2.61 bits per heavy atom. The first-order valence-electron chi connectivity index (χ1n) is 7.65. The number of hydrogen-bond donors (Lipinski definition) is 0. The summed E-state index contributed by atoms with van der Waals surface area (Å²) in [5.74, 6) is -0.251. The van der Waals surface area contributed by atoms with Gasteiger partial charge in [0, 0.05) is 17.8 Å². The monoisotopic (exact) mass is 332 g/mol. The number of aromatic nitrogens is 1. The Morgan fingerprint density at radius 2 is 2.00 bits per heavy atom. The number of halogens is 1. The predicted molar refractivity (Wildman–Crippen MR) is 91.1 cm³/mol. The van der Waals surface area contributed by atoms with E-state index in [1.54, 1.807) is 6.20 Å². The van der Waals surface area contributed by atoms with Gasteiger partial charge in [-0.1, -0.05) is 36.7 Å². The van der Waals surface area contributed by atoms with Gasteiger partial charge in [-0.25, -0.2) is 0 Å². The average Bonchev–Trinajstić information content (AvgIpc) is 2.57. The van der Waals surface area contributed by atoms with Gasteiger partial charge in [-0.2, -0.15) is 0 Å². The van der Waals surface area contributed by atoms with Gasteiger partial charge in [0.2, 0.25) is 0 Å². The van der Waals surface area contributed by atoms with Crippen LogP contribution in [0, 0.1) is 0 Å². The minimum Gasteiger partial charge on any atom is -0.455 e. The molecule has 5 heteroatoms. The average molecular weight is 333 g/mol. The largest absolute Gasteiger partial charge is 0.455 e. The molecule has 1 aromatic carbocycles. The lowest BCUT2D eigenvalue weighted by Crippen LogP contribution is -2.31. The molecule has 0 aliphatic carbocycles. The van der Waals surface area contributed by atoms with Crippen LogP contribution in [0.5, 0.6) is 0 Å². The second-order valence-electron chi connectivity index (χ2n) is 5.32. The van der Waals surface area contributed by atoms with E-state index in [0.717, 1.165) is 17.8 Å². The third-order valence-electron chi connectivity index (χ3n) is 3.53. The number of carbonyl (C=O) groups excluding carboxylic acids is 1. The molecule has 1 aromatic heterocycles. The van der Waals surface area contributed by atoms with Crippen molar-refractivity contribution in [2.75, 3.05) is 13.1 Å². The van der Waals surface area contributed by atoms with Crippen LogP contribution in [0.1, 0.15) is 31.2 Å². The lowest BCUT2D eigenvalue weighted by molar-refractivity contribution is -0.150. The molecular formula is C18H21ClN2O2. The van der Waals surface area contributed by atoms with Gasteiger partial charge in [-0.3, -0.25) is 14.7 Å². The predicted octanol–water partition coefficient (Wildman–Crippen LogP) is 3.86. The first-order chi connectivity index (χ1) is 11.1. The molecule has 1 atom stereocenters. The van der Waals surface area contributed by atoms with Gasteiger partial charge < -0.3 is 4.74 Å². The van der Waals surface area contributed by atoms with Crippen LogP contribution in [0.3, 0.4) is 0 Å². The summed E-state index contributed by atoms with van der Waals surface area (Å²) >= 11 is 5.89. The number of hydrogen-bond acceptors (Lipinski definition) is 4. The Morgan fingerprint density at radius 1 is 1.26 bits per heavy atom. The Bertz CT molecular complexity index is 617. The standard InChI is InChI=1S/C18H21ClN2O2/c1-3-21(12-15-7-9-16(19)10-8-15)13-18(22)23-14(2)17-6-4-5-11-20-17/h4-11,14H,3,12-13H2,1-2H3. The van der Waals surface area contributed by atoms with Crippen molar-refractivity contribution in [2.45, 2.75) is 26.5 Å². The van der Waals surface area contributed by atoms with E-state index in [1.165, 1.54) is 0 Å². The van der Waals surface area contributed by atoms with Crippen LogP contribution in [-0.2, 0) is 16.1 Å². The minimum absolute atomic E-state index is 0.246. The Hall–Kier alpha value is -1.91. The normalized spacial score (nSPS) is 12.2. The number of ether oxygens (including phenoxy) is 1. The maximum absolute atomic E-state index is 12.1. The smallest absolute Gasteiger partial charge is 0.320 e. The highest BCUT2D eigenvalue weighted by atomic mass is 35.5. The van der Waals surface area contributed by atoms with Gasteiger partial charge >= 0.3 is 5.97 Å². The molecule has 23 heavy (non-hydrogen) atoms. The third-order valence-corrected chi connectivity index (χ3v) is 3.78. The Kier molecular flexibility index (Phi) is 6.56. The van der Waals surface area contributed by atoms with Crippen molar-refractivity contribution in [1.82, 2.24) is 9.88 Å². The van der Waals surface area contributed by atoms with Crippen molar-refractivity contribution < 1.29 is 9.53 Å². The molecule has 0 N–H and O–H groups in total. The van der Waals surface area contributed by atoms with E-state index in [2.05, 4.69) is 4.98 Å². The highest BCUT2D eigenvalue weighted by Crippen LogP contribution is 2.15. The Balaban J connectivity index is 1.88. The van der Waals surface area contributed by atoms with Crippen LogP contribution in [-0.4, -0.2) is 28.9 Å². The van der Waals surface area contributed by atoms with Crippen molar-refractivity contribution in [3.8, 4) is 0 Å². The Labute approximate surface area is 142 Å². The van der Waals surface area contributed by atoms with Gasteiger partial charge in [0.15, 0.2) is 0 Å². The second-order valence-corrected chi connectivity index (χ2v) is 5.75. The van der Waals surface area contributed by atoms with E-state index < -0.39 is 0 Å². The number of carbonyl (C=O) groups is 1. The molecule has 0 spiro atoms. The fourth-order valence-electron chi connectivity index (χ4n) is 2.22. The molecular weight excluding hydrogens is 312 g/mol. The molecule has 1 unspecified atom stereocenters. The number of esters is 1. The zero-order valence-electron chi connectivity index (χ0n) is 13.4. The van der Waals surface area contributed by atoms with Crippen LogP contribution in [0.25, 0.3) is 0 Å². The van der Waals surface area contributed by atoms with Crippen molar-refractivity contribution in [3.63, 3.8) is 0 Å². The van der Waals surface area contributed by atoms with Crippen LogP contribution in [0.15, 0.2) is 48.7 Å². The van der Waals surface area contributed by atoms with Crippen molar-refractivity contribution in [3.05, 3.63) is 64.9 Å². The van der Waals surface area contributed by atoms with Crippen molar-refractivity contribution in [2.24, 2.45) is 0 Å². The third kappa shape index (κ3) is 5.66. The number of likely N-dealkylation sites (N-methyl/N-ethyl adjacent to an activating group) is 1. The summed E-state index contributed by atoms with van der Waals surface area (Å²) in [5, 5.41) is 0.709. The minimum atomic E-state index is -0.349. The van der Waals surface area contributed by atoms with E-state index in [4.69, 9.17) is 16.3 Å². The first kappa shape index (κ1) is 17.4. The molecule has 122 valence electrons. The van der Waals surface area contributed by atoms with Crippen LogP contribution in [0.4, 0.5) is 0 Å². The molecule has 0 amide bonds. The molecule has 1 heterocycles. The van der Waals surface area contributed by atoms with E-state index in [-0.39, 0.29) is 18.6 Å². The molecule has 2 aromatic rings. The lowest BCUT2D eigenvalue weighted by Gasteiger charge is -2.21. The van der Waals surface area contributed by atoms with Crippen molar-refractivity contribution >= 4 is 17.6 Å². The van der Waals surface area contributed by atoms with E-state index >= 15 is 0 Å². The molecule has 4 nitrogen and oxygen atoms in total. The molecule has 2 rings (SSSR count). The summed E-state index contributed by atoms with van der Waals surface area (Å²) in [6, 6.07) is 13.2. The summed E-state index contributed by atoms with van der Waals surface area (Å²) in [6.07, 6.45) is 1.34. The molecule has 0 aliphatic rings. The lowest BCUT2D eigenvalue weighted by atomic mass is 10.2. The summed E-state index contributed by atoms with van der Waals surface area (Å²) in [4.78, 5) is 18.4. The summed E-state index contributed by atoms with van der Waals surface area (Å²) in [5.41, 5.74) is 1.86. The van der Waals surface area contributed by atoms with E-state index in [9.17, 15) is 4.79 Å². The molecule has 0 fully saturated rings. The number of nitrogens with zero attached hydrogens (tertiary/aromatic N) is 2. The van der Waals surface area contributed by atoms with Gasteiger partial charge in [-0.05, 0) is 43.3 Å².